The Hall–Kier alpha value is -4.37. The van der Waals surface area contributed by atoms with Crippen molar-refractivity contribution in [2.24, 2.45) is 0 Å². The van der Waals surface area contributed by atoms with Crippen LogP contribution in [0.1, 0.15) is 15.9 Å². The van der Waals surface area contributed by atoms with Crippen LogP contribution in [-0.4, -0.2) is 37.6 Å². The molecule has 0 aliphatic carbocycles. The average molecular weight is 489 g/mol. The number of aryl methyl sites for hydroxylation is 1. The van der Waals surface area contributed by atoms with E-state index < -0.39 is 5.91 Å². The van der Waals surface area contributed by atoms with Crippen LogP contribution in [0.15, 0.2) is 67.0 Å². The van der Waals surface area contributed by atoms with Crippen molar-refractivity contribution in [2.45, 2.75) is 6.92 Å². The van der Waals surface area contributed by atoms with Crippen LogP contribution in [0.5, 0.6) is 5.88 Å². The van der Waals surface area contributed by atoms with Gasteiger partial charge in [0.25, 0.3) is 5.91 Å². The molecule has 35 heavy (non-hydrogen) atoms. The highest BCUT2D eigenvalue weighted by Crippen LogP contribution is 2.33. The molecule has 4 aromatic heterocycles. The van der Waals surface area contributed by atoms with Crippen molar-refractivity contribution in [3.05, 3.63) is 89.1 Å². The lowest BCUT2D eigenvalue weighted by molar-refractivity contribution is 0.102. The van der Waals surface area contributed by atoms with Crippen molar-refractivity contribution in [3.8, 4) is 28.4 Å². The first-order valence-electron chi connectivity index (χ1n) is 10.5. The summed E-state index contributed by atoms with van der Waals surface area (Å²) >= 11 is 5.99. The fourth-order valence-electron chi connectivity index (χ4n) is 3.68. The Bertz CT molecular complexity index is 1590. The molecule has 0 spiro atoms. The number of rotatable bonds is 5. The van der Waals surface area contributed by atoms with E-state index in [0.29, 0.717) is 34.0 Å². The molecule has 174 valence electrons. The second-order valence-corrected chi connectivity index (χ2v) is 8.06. The Morgan fingerprint density at radius 1 is 1.06 bits per heavy atom. The van der Waals surface area contributed by atoms with Gasteiger partial charge in [-0.2, -0.15) is 5.10 Å². The molecule has 1 amide bonds. The number of nitrogens with zero attached hydrogens (tertiary/aromatic N) is 5. The van der Waals surface area contributed by atoms with Crippen LogP contribution >= 0.6 is 11.6 Å². The van der Waals surface area contributed by atoms with Crippen LogP contribution in [0.3, 0.4) is 0 Å². The van der Waals surface area contributed by atoms with Crippen LogP contribution in [0.2, 0.25) is 5.15 Å². The summed E-state index contributed by atoms with van der Waals surface area (Å²) in [7, 11) is 1.44. The number of ether oxygens (including phenoxy) is 1. The maximum Gasteiger partial charge on any atom is 0.257 e. The van der Waals surface area contributed by atoms with Gasteiger partial charge in [0, 0.05) is 35.2 Å². The van der Waals surface area contributed by atoms with Gasteiger partial charge in [-0.15, -0.1) is 0 Å². The topological polar surface area (TPSA) is 94.3 Å². The first kappa shape index (κ1) is 22.4. The minimum absolute atomic E-state index is 0.132. The van der Waals surface area contributed by atoms with Crippen molar-refractivity contribution >= 4 is 29.0 Å². The molecule has 8 nitrogen and oxygen atoms in total. The summed E-state index contributed by atoms with van der Waals surface area (Å²) in [5.74, 6) is -0.186. The third-order valence-electron chi connectivity index (χ3n) is 5.34. The summed E-state index contributed by atoms with van der Waals surface area (Å²) in [5, 5.41) is 7.35. The lowest BCUT2D eigenvalue weighted by Gasteiger charge is -2.09. The molecule has 0 saturated carbocycles. The van der Waals surface area contributed by atoms with E-state index in [1.54, 1.807) is 54.2 Å². The van der Waals surface area contributed by atoms with Crippen molar-refractivity contribution in [1.82, 2.24) is 24.6 Å². The highest BCUT2D eigenvalue weighted by molar-refractivity contribution is 6.30. The number of hydrogen-bond donors (Lipinski definition) is 1. The largest absolute Gasteiger partial charge is 0.481 e. The molecule has 1 N–H and O–H groups in total. The van der Waals surface area contributed by atoms with Crippen molar-refractivity contribution < 1.29 is 13.9 Å². The monoisotopic (exact) mass is 488 g/mol. The van der Waals surface area contributed by atoms with E-state index in [0.717, 1.165) is 5.56 Å². The zero-order valence-corrected chi connectivity index (χ0v) is 19.4. The van der Waals surface area contributed by atoms with Crippen LogP contribution < -0.4 is 10.1 Å². The number of aromatic nitrogens is 5. The predicted octanol–water partition coefficient (Wildman–Crippen LogP) is 5.22. The zero-order valence-electron chi connectivity index (χ0n) is 18.7. The number of hydrogen-bond acceptors (Lipinski definition) is 6. The minimum Gasteiger partial charge on any atom is -0.481 e. The van der Waals surface area contributed by atoms with Gasteiger partial charge in [-0.3, -0.25) is 4.79 Å². The van der Waals surface area contributed by atoms with Gasteiger partial charge in [-0.1, -0.05) is 11.6 Å². The van der Waals surface area contributed by atoms with Crippen molar-refractivity contribution in [1.29, 1.82) is 0 Å². The molecule has 0 unspecified atom stereocenters. The molecule has 1 aromatic carbocycles. The van der Waals surface area contributed by atoms with E-state index in [4.69, 9.17) is 21.3 Å². The van der Waals surface area contributed by atoms with E-state index in [9.17, 15) is 9.18 Å². The van der Waals surface area contributed by atoms with E-state index in [2.05, 4.69) is 20.4 Å². The zero-order chi connectivity index (χ0) is 24.5. The van der Waals surface area contributed by atoms with Gasteiger partial charge in [0.1, 0.15) is 22.5 Å². The second-order valence-electron chi connectivity index (χ2n) is 7.67. The van der Waals surface area contributed by atoms with Crippen LogP contribution in [0.25, 0.3) is 28.2 Å². The number of carbonyl (C=O) groups excluding carboxylic acids is 1. The number of benzene rings is 1. The van der Waals surface area contributed by atoms with Crippen molar-refractivity contribution in [3.63, 3.8) is 0 Å². The normalized spacial score (nSPS) is 11.0. The van der Waals surface area contributed by atoms with E-state index in [-0.39, 0.29) is 22.4 Å². The molecule has 0 fully saturated rings. The molecule has 0 bridgehead atoms. The number of fused-ring (bicyclic) bond motifs is 1. The van der Waals surface area contributed by atoms with E-state index in [1.165, 1.54) is 25.3 Å². The predicted molar refractivity (Wildman–Crippen MR) is 130 cm³/mol. The smallest absolute Gasteiger partial charge is 0.257 e. The Morgan fingerprint density at radius 2 is 1.91 bits per heavy atom. The number of nitrogens with one attached hydrogen (secondary N) is 1. The van der Waals surface area contributed by atoms with Gasteiger partial charge < -0.3 is 10.1 Å². The molecular formula is C25H18ClFN6O2. The summed E-state index contributed by atoms with van der Waals surface area (Å²) in [5.41, 5.74) is 4.16. The molecule has 5 aromatic rings. The molecule has 0 saturated heterocycles. The first-order valence-corrected chi connectivity index (χ1v) is 10.9. The van der Waals surface area contributed by atoms with Crippen LogP contribution in [0, 0.1) is 12.7 Å². The number of imidazole rings is 1. The molecule has 0 atom stereocenters. The molecule has 5 rings (SSSR count). The molecule has 0 radical (unpaired) electrons. The Labute approximate surface area is 204 Å². The number of methoxy groups -OCH3 is 1. The second kappa shape index (κ2) is 9.11. The highest BCUT2D eigenvalue weighted by atomic mass is 35.5. The third-order valence-corrected chi connectivity index (χ3v) is 5.53. The molecule has 10 heteroatoms. The van der Waals surface area contributed by atoms with E-state index in [1.807, 2.05) is 6.07 Å². The quantitative estimate of drug-likeness (QED) is 0.341. The van der Waals surface area contributed by atoms with Gasteiger partial charge >= 0.3 is 0 Å². The number of carbonyl (C=O) groups is 1. The van der Waals surface area contributed by atoms with E-state index >= 15 is 0 Å². The van der Waals surface area contributed by atoms with Gasteiger partial charge in [0.15, 0.2) is 5.65 Å². The molecule has 0 aliphatic rings. The van der Waals surface area contributed by atoms with Gasteiger partial charge in [0.2, 0.25) is 5.88 Å². The molecule has 4 heterocycles. The number of amides is 1. The number of anilines is 1. The number of halogens is 2. The lowest BCUT2D eigenvalue weighted by Crippen LogP contribution is -2.13. The number of pyridine rings is 2. The van der Waals surface area contributed by atoms with Crippen LogP contribution in [0.4, 0.5) is 10.2 Å². The third kappa shape index (κ3) is 4.41. The minimum atomic E-state index is -0.428. The lowest BCUT2D eigenvalue weighted by atomic mass is 10.0. The fourth-order valence-corrected chi connectivity index (χ4v) is 3.89. The summed E-state index contributed by atoms with van der Waals surface area (Å²) < 4.78 is 20.7. The van der Waals surface area contributed by atoms with Gasteiger partial charge in [-0.05, 0) is 61.0 Å². The highest BCUT2D eigenvalue weighted by Gasteiger charge is 2.19. The standard InChI is InChI=1S/C25H18ClFN6O2/c1-14-10-15(5-6-18(14)27)23-24(33-21(32-23)4-3-8-29-33)16-7-9-28-20(12-16)31-25(34)17-11-19(26)30-22(13-17)35-2/h3-13H,1-2H3,(H,28,31,34). The van der Waals surface area contributed by atoms with Gasteiger partial charge in [0.05, 0.1) is 12.8 Å². The maximum absolute atomic E-state index is 13.9. The molecule has 0 aliphatic heterocycles. The Balaban J connectivity index is 1.57. The Morgan fingerprint density at radius 3 is 2.71 bits per heavy atom. The van der Waals surface area contributed by atoms with Gasteiger partial charge in [-0.25, -0.2) is 23.9 Å². The first-order chi connectivity index (χ1) is 16.9. The van der Waals surface area contributed by atoms with Crippen LogP contribution in [-0.2, 0) is 0 Å². The average Bonchev–Trinajstić information content (AvgIpc) is 3.25. The Kier molecular flexibility index (Phi) is 5.84. The maximum atomic E-state index is 13.9. The summed E-state index contributed by atoms with van der Waals surface area (Å²) in [6.45, 7) is 1.70. The summed E-state index contributed by atoms with van der Waals surface area (Å²) in [4.78, 5) is 25.8. The summed E-state index contributed by atoms with van der Waals surface area (Å²) in [6.07, 6.45) is 3.23. The summed E-state index contributed by atoms with van der Waals surface area (Å²) in [6, 6.07) is 14.9. The molecular weight excluding hydrogens is 471 g/mol. The SMILES string of the molecule is COc1cc(C(=O)Nc2cc(-c3c(-c4ccc(F)c(C)c4)nc4cccnn34)ccn2)cc(Cl)n1. The van der Waals surface area contributed by atoms with Crippen molar-refractivity contribution in [2.75, 3.05) is 12.4 Å². The fraction of sp³-hybridized carbons (Fsp3) is 0.0800.